The van der Waals surface area contributed by atoms with Gasteiger partial charge in [-0.15, -0.1) is 0 Å². The SMILES string of the molecule is CNC(Cc1ccc2ccccc2c1)C(=O)NC(Cc1ccc2ccccc2c1)C(N)=S. The normalized spacial score (nSPS) is 13.0. The molecule has 162 valence electrons. The summed E-state index contributed by atoms with van der Waals surface area (Å²) in [7, 11) is 1.80. The molecule has 0 aliphatic rings. The molecule has 0 bridgehead atoms. The largest absolute Gasteiger partial charge is 0.392 e. The summed E-state index contributed by atoms with van der Waals surface area (Å²) in [6.45, 7) is 0. The van der Waals surface area contributed by atoms with Crippen LogP contribution < -0.4 is 16.4 Å². The maximum Gasteiger partial charge on any atom is 0.238 e. The molecule has 4 nitrogen and oxygen atoms in total. The number of amides is 1. The van der Waals surface area contributed by atoms with Crippen molar-refractivity contribution >= 4 is 44.7 Å². The summed E-state index contributed by atoms with van der Waals surface area (Å²) < 4.78 is 0. The second kappa shape index (κ2) is 9.90. The van der Waals surface area contributed by atoms with Gasteiger partial charge in [0.25, 0.3) is 0 Å². The number of nitrogens with two attached hydrogens (primary N) is 1. The third kappa shape index (κ3) is 5.13. The number of fused-ring (bicyclic) bond motifs is 2. The van der Waals surface area contributed by atoms with Gasteiger partial charge in [0.1, 0.15) is 0 Å². The molecule has 0 aliphatic heterocycles. The molecule has 0 fully saturated rings. The standard InChI is InChI=1S/C27H27N3OS/c1-29-25(17-19-11-13-21-7-3-5-9-23(21)15-19)27(31)30-24(26(28)32)16-18-10-12-20-6-2-4-8-22(20)14-18/h2-15,24-25,29H,16-17H2,1H3,(H2,28,32)(H,30,31). The summed E-state index contributed by atoms with van der Waals surface area (Å²) in [5.41, 5.74) is 8.18. The Kier molecular flexibility index (Phi) is 6.78. The van der Waals surface area contributed by atoms with Gasteiger partial charge in [-0.05, 0) is 52.6 Å². The van der Waals surface area contributed by atoms with Crippen LogP contribution in [0.3, 0.4) is 0 Å². The van der Waals surface area contributed by atoms with Gasteiger partial charge in [-0.2, -0.15) is 0 Å². The fourth-order valence-corrected chi connectivity index (χ4v) is 4.17. The fraction of sp³-hybridized carbons (Fsp3) is 0.185. The lowest BCUT2D eigenvalue weighted by Crippen LogP contribution is -2.52. The number of carbonyl (C=O) groups is 1. The van der Waals surface area contributed by atoms with Crippen LogP contribution in [0.15, 0.2) is 84.9 Å². The van der Waals surface area contributed by atoms with E-state index in [0.717, 1.165) is 21.9 Å². The topological polar surface area (TPSA) is 67.2 Å². The van der Waals surface area contributed by atoms with E-state index in [0.29, 0.717) is 12.8 Å². The van der Waals surface area contributed by atoms with Crippen molar-refractivity contribution in [1.29, 1.82) is 0 Å². The molecule has 0 aliphatic carbocycles. The van der Waals surface area contributed by atoms with E-state index in [2.05, 4.69) is 71.3 Å². The average Bonchev–Trinajstić information content (AvgIpc) is 2.81. The van der Waals surface area contributed by atoms with Gasteiger partial charge >= 0.3 is 0 Å². The molecule has 0 saturated carbocycles. The Balaban J connectivity index is 1.46. The Morgan fingerprint density at radius 1 is 0.781 bits per heavy atom. The minimum absolute atomic E-state index is 0.112. The predicted molar refractivity (Wildman–Crippen MR) is 137 cm³/mol. The van der Waals surface area contributed by atoms with Crippen LogP contribution in [0.5, 0.6) is 0 Å². The van der Waals surface area contributed by atoms with E-state index >= 15 is 0 Å². The third-order valence-corrected chi connectivity index (χ3v) is 6.12. The zero-order valence-corrected chi connectivity index (χ0v) is 18.9. The number of likely N-dealkylation sites (N-methyl/N-ethyl adjacent to an activating group) is 1. The number of carbonyl (C=O) groups excluding carboxylic acids is 1. The molecule has 4 N–H and O–H groups in total. The van der Waals surface area contributed by atoms with Crippen LogP contribution in [0.25, 0.3) is 21.5 Å². The van der Waals surface area contributed by atoms with Gasteiger partial charge in [-0.3, -0.25) is 4.79 Å². The number of benzene rings is 4. The summed E-state index contributed by atoms with van der Waals surface area (Å²) in [5.74, 6) is -0.112. The van der Waals surface area contributed by atoms with Crippen molar-refractivity contribution in [3.8, 4) is 0 Å². The Morgan fingerprint density at radius 2 is 1.25 bits per heavy atom. The quantitative estimate of drug-likeness (QED) is 0.360. The lowest BCUT2D eigenvalue weighted by Gasteiger charge is -2.22. The van der Waals surface area contributed by atoms with E-state index in [1.54, 1.807) is 7.05 Å². The Hall–Kier alpha value is -3.28. The van der Waals surface area contributed by atoms with Crippen molar-refractivity contribution in [2.45, 2.75) is 24.9 Å². The van der Waals surface area contributed by atoms with Gasteiger partial charge in [0.2, 0.25) is 5.91 Å². The van der Waals surface area contributed by atoms with Crippen LogP contribution in [0.2, 0.25) is 0 Å². The molecule has 32 heavy (non-hydrogen) atoms. The highest BCUT2D eigenvalue weighted by Crippen LogP contribution is 2.18. The zero-order valence-electron chi connectivity index (χ0n) is 18.0. The smallest absolute Gasteiger partial charge is 0.238 e. The zero-order chi connectivity index (χ0) is 22.5. The number of rotatable bonds is 8. The first-order valence-electron chi connectivity index (χ1n) is 10.8. The Labute approximate surface area is 193 Å². The Morgan fingerprint density at radius 3 is 1.72 bits per heavy atom. The Bertz CT molecular complexity index is 1270. The monoisotopic (exact) mass is 441 g/mol. The number of hydrogen-bond acceptors (Lipinski definition) is 3. The molecule has 0 radical (unpaired) electrons. The van der Waals surface area contributed by atoms with Crippen molar-refractivity contribution in [2.24, 2.45) is 5.73 Å². The van der Waals surface area contributed by atoms with Gasteiger partial charge in [0.15, 0.2) is 0 Å². The third-order valence-electron chi connectivity index (χ3n) is 5.83. The average molecular weight is 442 g/mol. The fourth-order valence-electron chi connectivity index (χ4n) is 4.02. The molecule has 0 saturated heterocycles. The first kappa shape index (κ1) is 21.9. The second-order valence-corrected chi connectivity index (χ2v) is 8.55. The molecule has 0 heterocycles. The summed E-state index contributed by atoms with van der Waals surface area (Å²) in [6.07, 6.45) is 1.13. The molecular formula is C27H27N3OS. The predicted octanol–water partition coefficient (Wildman–Crippen LogP) is 4.14. The molecule has 0 aromatic heterocycles. The highest BCUT2D eigenvalue weighted by atomic mass is 32.1. The molecule has 5 heteroatoms. The maximum absolute atomic E-state index is 13.1. The van der Waals surface area contributed by atoms with Crippen LogP contribution >= 0.6 is 12.2 Å². The molecule has 2 unspecified atom stereocenters. The highest BCUT2D eigenvalue weighted by molar-refractivity contribution is 7.80. The van der Waals surface area contributed by atoms with E-state index in [4.69, 9.17) is 18.0 Å². The molecule has 4 rings (SSSR count). The molecule has 1 amide bonds. The summed E-state index contributed by atoms with van der Waals surface area (Å²) >= 11 is 5.28. The maximum atomic E-state index is 13.1. The first-order valence-corrected chi connectivity index (χ1v) is 11.2. The molecule has 0 spiro atoms. The number of thiocarbonyl (C=S) groups is 1. The van der Waals surface area contributed by atoms with Gasteiger partial charge in [-0.1, -0.05) is 97.1 Å². The second-order valence-electron chi connectivity index (χ2n) is 8.08. The van der Waals surface area contributed by atoms with Crippen LogP contribution in [-0.2, 0) is 17.6 Å². The van der Waals surface area contributed by atoms with E-state index in [-0.39, 0.29) is 16.9 Å². The highest BCUT2D eigenvalue weighted by Gasteiger charge is 2.22. The van der Waals surface area contributed by atoms with Gasteiger partial charge in [0.05, 0.1) is 17.1 Å². The lowest BCUT2D eigenvalue weighted by atomic mass is 9.99. The number of hydrogen-bond donors (Lipinski definition) is 3. The van der Waals surface area contributed by atoms with E-state index in [1.165, 1.54) is 10.8 Å². The van der Waals surface area contributed by atoms with Gasteiger partial charge < -0.3 is 16.4 Å². The minimum Gasteiger partial charge on any atom is -0.392 e. The first-order chi connectivity index (χ1) is 15.5. The van der Waals surface area contributed by atoms with Crippen molar-refractivity contribution in [3.63, 3.8) is 0 Å². The minimum atomic E-state index is -0.411. The molecule has 4 aromatic rings. The van der Waals surface area contributed by atoms with E-state index in [9.17, 15) is 4.79 Å². The van der Waals surface area contributed by atoms with Gasteiger partial charge in [-0.25, -0.2) is 0 Å². The summed E-state index contributed by atoms with van der Waals surface area (Å²) in [5, 5.41) is 10.9. The van der Waals surface area contributed by atoms with Crippen molar-refractivity contribution in [2.75, 3.05) is 7.05 Å². The van der Waals surface area contributed by atoms with Crippen LogP contribution in [0.1, 0.15) is 11.1 Å². The van der Waals surface area contributed by atoms with Crippen LogP contribution in [0.4, 0.5) is 0 Å². The molecular weight excluding hydrogens is 414 g/mol. The number of nitrogens with one attached hydrogen (secondary N) is 2. The summed E-state index contributed by atoms with van der Waals surface area (Å²) in [4.78, 5) is 13.4. The van der Waals surface area contributed by atoms with Crippen molar-refractivity contribution < 1.29 is 4.79 Å². The molecule has 2 atom stereocenters. The van der Waals surface area contributed by atoms with E-state index < -0.39 is 6.04 Å². The van der Waals surface area contributed by atoms with E-state index in [1.807, 2.05) is 24.3 Å². The van der Waals surface area contributed by atoms with Crippen LogP contribution in [0, 0.1) is 0 Å². The van der Waals surface area contributed by atoms with Crippen LogP contribution in [-0.4, -0.2) is 30.0 Å². The summed E-state index contributed by atoms with van der Waals surface area (Å²) in [6, 6.07) is 28.2. The lowest BCUT2D eigenvalue weighted by molar-refractivity contribution is -0.123. The van der Waals surface area contributed by atoms with Crippen molar-refractivity contribution in [1.82, 2.24) is 10.6 Å². The van der Waals surface area contributed by atoms with Gasteiger partial charge in [0, 0.05) is 0 Å². The van der Waals surface area contributed by atoms with Crippen molar-refractivity contribution in [3.05, 3.63) is 96.1 Å². The molecule has 4 aromatic carbocycles.